The predicted molar refractivity (Wildman–Crippen MR) is 83.9 cm³/mol. The zero-order valence-electron chi connectivity index (χ0n) is 13.9. The highest BCUT2D eigenvalue weighted by Gasteiger charge is 2.46. The van der Waals surface area contributed by atoms with Gasteiger partial charge in [-0.15, -0.1) is 0 Å². The number of esters is 1. The lowest BCUT2D eigenvalue weighted by Gasteiger charge is -2.36. The smallest absolute Gasteiger partial charge is 0.310 e. The van der Waals surface area contributed by atoms with E-state index in [0.29, 0.717) is 0 Å². The summed E-state index contributed by atoms with van der Waals surface area (Å²) in [5.41, 5.74) is -4.44. The summed E-state index contributed by atoms with van der Waals surface area (Å²) >= 11 is 0. The number of ether oxygens (including phenoxy) is 1. The standard InChI is InChI=1S/C16H20O10/c1-2-26-12(19)8-10(14(22)23)16(25)5-3-15(24,4-6-16)9(13(20)21)7-11(17)18/h3-6,9-10,24-25H,2,7-8H2,1H3,(H,17,18)(H,20,21)(H,22,23). The largest absolute Gasteiger partial charge is 0.481 e. The second kappa shape index (κ2) is 8.11. The first kappa shape index (κ1) is 21.3. The molecular weight excluding hydrogens is 352 g/mol. The predicted octanol–water partition coefficient (Wildman–Crippen LogP) is -0.596. The normalized spacial score (nSPS) is 26.7. The van der Waals surface area contributed by atoms with Gasteiger partial charge in [-0.05, 0) is 31.2 Å². The number of carbonyl (C=O) groups excluding carboxylic acids is 1. The zero-order chi connectivity index (χ0) is 20.1. The summed E-state index contributed by atoms with van der Waals surface area (Å²) in [5.74, 6) is -8.83. The van der Waals surface area contributed by atoms with Crippen molar-refractivity contribution < 1.29 is 49.4 Å². The minimum atomic E-state index is -2.25. The first-order chi connectivity index (χ1) is 11.9. The van der Waals surface area contributed by atoms with E-state index in [1.165, 1.54) is 6.92 Å². The summed E-state index contributed by atoms with van der Waals surface area (Å²) in [6, 6.07) is 0. The van der Waals surface area contributed by atoms with E-state index >= 15 is 0 Å². The molecule has 0 heterocycles. The van der Waals surface area contributed by atoms with Crippen molar-refractivity contribution in [3.63, 3.8) is 0 Å². The second-order valence-corrected chi connectivity index (χ2v) is 5.83. The lowest BCUT2D eigenvalue weighted by molar-refractivity contribution is -0.157. The highest BCUT2D eigenvalue weighted by atomic mass is 16.5. The Bertz CT molecular complexity index is 633. The van der Waals surface area contributed by atoms with E-state index in [-0.39, 0.29) is 6.61 Å². The third-order valence-corrected chi connectivity index (χ3v) is 4.00. The van der Waals surface area contributed by atoms with Crippen molar-refractivity contribution in [1.82, 2.24) is 0 Å². The summed E-state index contributed by atoms with van der Waals surface area (Å²) in [6.07, 6.45) is 1.74. The van der Waals surface area contributed by atoms with Gasteiger partial charge < -0.3 is 30.3 Å². The second-order valence-electron chi connectivity index (χ2n) is 5.83. The molecule has 0 spiro atoms. The van der Waals surface area contributed by atoms with Gasteiger partial charge in [-0.1, -0.05) is 0 Å². The average Bonchev–Trinajstić information content (AvgIpc) is 2.53. The molecule has 0 saturated carbocycles. The minimum Gasteiger partial charge on any atom is -0.481 e. The number of aliphatic carboxylic acids is 3. The van der Waals surface area contributed by atoms with Crippen LogP contribution in [0, 0.1) is 11.8 Å². The molecule has 1 aliphatic carbocycles. The Kier molecular flexibility index (Phi) is 6.65. The molecule has 0 fully saturated rings. The molecule has 0 aromatic carbocycles. The molecule has 0 saturated heterocycles. The Morgan fingerprint density at radius 3 is 1.54 bits per heavy atom. The fraction of sp³-hybridized carbons (Fsp3) is 0.500. The maximum Gasteiger partial charge on any atom is 0.310 e. The van der Waals surface area contributed by atoms with E-state index in [1.54, 1.807) is 0 Å². The maximum atomic E-state index is 11.6. The van der Waals surface area contributed by atoms with E-state index in [2.05, 4.69) is 4.74 Å². The lowest BCUT2D eigenvalue weighted by Crippen LogP contribution is -2.47. The van der Waals surface area contributed by atoms with Crippen LogP contribution in [0.3, 0.4) is 0 Å². The first-order valence-electron chi connectivity index (χ1n) is 7.63. The molecular formula is C16H20O10. The van der Waals surface area contributed by atoms with Crippen LogP contribution in [0.1, 0.15) is 19.8 Å². The van der Waals surface area contributed by atoms with Crippen molar-refractivity contribution in [3.05, 3.63) is 24.3 Å². The van der Waals surface area contributed by atoms with Crippen molar-refractivity contribution in [1.29, 1.82) is 0 Å². The molecule has 1 aliphatic rings. The quantitative estimate of drug-likeness (QED) is 0.259. The molecule has 0 aromatic heterocycles. The van der Waals surface area contributed by atoms with Crippen LogP contribution >= 0.6 is 0 Å². The van der Waals surface area contributed by atoms with Crippen LogP contribution < -0.4 is 0 Å². The van der Waals surface area contributed by atoms with Crippen LogP contribution in [0.15, 0.2) is 24.3 Å². The molecule has 0 aliphatic heterocycles. The van der Waals surface area contributed by atoms with E-state index in [0.717, 1.165) is 24.3 Å². The van der Waals surface area contributed by atoms with Crippen LogP contribution in [0.4, 0.5) is 0 Å². The third kappa shape index (κ3) is 4.90. The van der Waals surface area contributed by atoms with Gasteiger partial charge in [0.1, 0.15) is 23.0 Å². The lowest BCUT2D eigenvalue weighted by atomic mass is 9.74. The summed E-state index contributed by atoms with van der Waals surface area (Å²) in [6.45, 7) is 1.54. The van der Waals surface area contributed by atoms with E-state index in [9.17, 15) is 34.5 Å². The topological polar surface area (TPSA) is 179 Å². The Morgan fingerprint density at radius 2 is 1.23 bits per heavy atom. The molecule has 0 aromatic rings. The Balaban J connectivity index is 3.12. The molecule has 0 amide bonds. The molecule has 0 bridgehead atoms. The Morgan fingerprint density at radius 1 is 0.846 bits per heavy atom. The number of aliphatic hydroxyl groups is 2. The average molecular weight is 372 g/mol. The number of carboxylic acids is 3. The maximum absolute atomic E-state index is 11.6. The van der Waals surface area contributed by atoms with Gasteiger partial charge in [-0.3, -0.25) is 19.2 Å². The van der Waals surface area contributed by atoms with Crippen molar-refractivity contribution in [3.8, 4) is 0 Å². The fourth-order valence-corrected chi connectivity index (χ4v) is 2.57. The minimum absolute atomic E-state index is 0.0184. The molecule has 1 rings (SSSR count). The highest BCUT2D eigenvalue weighted by molar-refractivity contribution is 5.82. The van der Waals surface area contributed by atoms with Crippen molar-refractivity contribution >= 4 is 23.9 Å². The van der Waals surface area contributed by atoms with Gasteiger partial charge in [0.05, 0.1) is 19.4 Å². The number of hydrogen-bond donors (Lipinski definition) is 5. The molecule has 144 valence electrons. The van der Waals surface area contributed by atoms with Crippen LogP contribution in [-0.4, -0.2) is 67.2 Å². The summed E-state index contributed by atoms with van der Waals surface area (Å²) in [7, 11) is 0. The van der Waals surface area contributed by atoms with Crippen LogP contribution in [0.5, 0.6) is 0 Å². The molecule has 0 radical (unpaired) electrons. The molecule has 26 heavy (non-hydrogen) atoms. The summed E-state index contributed by atoms with van der Waals surface area (Å²) < 4.78 is 4.66. The third-order valence-electron chi connectivity index (χ3n) is 4.00. The van der Waals surface area contributed by atoms with Crippen molar-refractivity contribution in [2.45, 2.75) is 31.0 Å². The number of rotatable bonds is 9. The van der Waals surface area contributed by atoms with E-state index < -0.39 is 59.8 Å². The van der Waals surface area contributed by atoms with Gasteiger partial charge in [0.15, 0.2) is 0 Å². The summed E-state index contributed by atoms with van der Waals surface area (Å²) in [5, 5.41) is 48.1. The molecule has 5 N–H and O–H groups in total. The highest BCUT2D eigenvalue weighted by Crippen LogP contribution is 2.35. The van der Waals surface area contributed by atoms with E-state index in [1.807, 2.05) is 0 Å². The van der Waals surface area contributed by atoms with Crippen molar-refractivity contribution in [2.75, 3.05) is 6.61 Å². The Labute approximate surface area is 148 Å². The van der Waals surface area contributed by atoms with Gasteiger partial charge in [-0.25, -0.2) is 0 Å². The molecule has 2 unspecified atom stereocenters. The van der Waals surface area contributed by atoms with Gasteiger partial charge >= 0.3 is 23.9 Å². The van der Waals surface area contributed by atoms with Gasteiger partial charge in [0.2, 0.25) is 0 Å². The zero-order valence-corrected chi connectivity index (χ0v) is 13.9. The Hall–Kier alpha value is -2.72. The fourth-order valence-electron chi connectivity index (χ4n) is 2.57. The monoisotopic (exact) mass is 372 g/mol. The van der Waals surface area contributed by atoms with Crippen LogP contribution in [0.2, 0.25) is 0 Å². The van der Waals surface area contributed by atoms with Crippen LogP contribution in [0.25, 0.3) is 0 Å². The first-order valence-corrected chi connectivity index (χ1v) is 7.63. The van der Waals surface area contributed by atoms with Gasteiger partial charge in [0.25, 0.3) is 0 Å². The number of carbonyl (C=O) groups is 4. The van der Waals surface area contributed by atoms with Gasteiger partial charge in [0, 0.05) is 0 Å². The van der Waals surface area contributed by atoms with Crippen molar-refractivity contribution in [2.24, 2.45) is 11.8 Å². The number of carboxylic acid groups (broad SMARTS) is 3. The molecule has 10 nitrogen and oxygen atoms in total. The van der Waals surface area contributed by atoms with E-state index in [4.69, 9.17) is 10.2 Å². The molecule has 2 atom stereocenters. The molecule has 10 heteroatoms. The number of hydrogen-bond acceptors (Lipinski definition) is 7. The van der Waals surface area contributed by atoms with Crippen LogP contribution in [-0.2, 0) is 23.9 Å². The SMILES string of the molecule is CCOC(=O)CC(C(=O)O)C1(O)C=CC(O)(C(CC(=O)O)C(=O)O)C=C1. The van der Waals surface area contributed by atoms with Gasteiger partial charge in [-0.2, -0.15) is 0 Å². The summed E-state index contributed by atoms with van der Waals surface area (Å²) in [4.78, 5) is 45.0.